The lowest BCUT2D eigenvalue weighted by Crippen LogP contribution is -2.59. The van der Waals surface area contributed by atoms with E-state index >= 15 is 0 Å². The van der Waals surface area contributed by atoms with Gasteiger partial charge in [-0.25, -0.2) is 0 Å². The van der Waals surface area contributed by atoms with Crippen LogP contribution in [-0.4, -0.2) is 116 Å². The molecule has 0 aromatic heterocycles. The molecule has 2 rings (SSSR count). The van der Waals surface area contributed by atoms with Gasteiger partial charge in [0.2, 0.25) is 0 Å². The van der Waals surface area contributed by atoms with Crippen molar-refractivity contribution in [2.45, 2.75) is 12.1 Å². The first kappa shape index (κ1) is 18.4. The summed E-state index contributed by atoms with van der Waals surface area (Å²) in [5.41, 5.74) is 0. The Morgan fingerprint density at radius 1 is 0.773 bits per heavy atom. The maximum absolute atomic E-state index is 13.0. The van der Waals surface area contributed by atoms with Crippen LogP contribution in [0.4, 0.5) is 0 Å². The molecular weight excluding hydrogens is 323 g/mol. The Labute approximate surface area is 144 Å². The van der Waals surface area contributed by atoms with E-state index in [1.165, 1.54) is 0 Å². The zero-order valence-corrected chi connectivity index (χ0v) is 15.2. The molecular formula is C15H28Cl2N4O. The number of alkyl halides is 2. The predicted molar refractivity (Wildman–Crippen MR) is 92.2 cm³/mol. The van der Waals surface area contributed by atoms with Gasteiger partial charge in [0, 0.05) is 64.1 Å². The third kappa shape index (κ3) is 4.56. The van der Waals surface area contributed by atoms with Gasteiger partial charge in [-0.05, 0) is 14.1 Å². The molecule has 2 fully saturated rings. The number of rotatable bonds is 6. The molecule has 2 unspecified atom stereocenters. The zero-order valence-electron chi connectivity index (χ0n) is 13.7. The average Bonchev–Trinajstić information content (AvgIpc) is 2.52. The Balaban J connectivity index is 1.98. The number of hydrogen-bond acceptors (Lipinski definition) is 5. The molecule has 2 atom stereocenters. The molecule has 2 saturated heterocycles. The topological polar surface area (TPSA) is 30.0 Å². The van der Waals surface area contributed by atoms with Gasteiger partial charge in [0.05, 0.1) is 12.1 Å². The standard InChI is InChI=1S/C15H28Cl2N4O/c1-18-3-7-20(8-4-18)13(11-16)15(22)14(12-17)21-9-5-19(2)6-10-21/h13-14H,3-12H2,1-2H3. The van der Waals surface area contributed by atoms with Gasteiger partial charge in [-0.2, -0.15) is 0 Å². The van der Waals surface area contributed by atoms with Crippen LogP contribution in [-0.2, 0) is 4.79 Å². The summed E-state index contributed by atoms with van der Waals surface area (Å²) in [5.74, 6) is 0.895. The average molecular weight is 351 g/mol. The van der Waals surface area contributed by atoms with Crippen LogP contribution in [0, 0.1) is 0 Å². The Hall–Kier alpha value is 0.0900. The number of nitrogens with zero attached hydrogens (tertiary/aromatic N) is 4. The molecule has 0 spiro atoms. The number of likely N-dealkylation sites (N-methyl/N-ethyl adjacent to an activating group) is 2. The minimum Gasteiger partial charge on any atom is -0.304 e. The number of hydrogen-bond donors (Lipinski definition) is 0. The van der Waals surface area contributed by atoms with Gasteiger partial charge < -0.3 is 9.80 Å². The molecule has 2 heterocycles. The molecule has 0 N–H and O–H groups in total. The van der Waals surface area contributed by atoms with Crippen LogP contribution in [0.2, 0.25) is 0 Å². The van der Waals surface area contributed by atoms with Crippen molar-refractivity contribution in [3.8, 4) is 0 Å². The number of Topliss-reactive ketones (excluding diaryl/α,β-unsaturated/α-hetero) is 1. The van der Waals surface area contributed by atoms with Gasteiger partial charge in [0.25, 0.3) is 0 Å². The molecule has 128 valence electrons. The fraction of sp³-hybridized carbons (Fsp3) is 0.933. The second kappa shape index (κ2) is 8.81. The Morgan fingerprint density at radius 2 is 1.09 bits per heavy atom. The second-order valence-electron chi connectivity index (χ2n) is 6.42. The summed E-state index contributed by atoms with van der Waals surface area (Å²) in [6.45, 7) is 7.55. The molecule has 22 heavy (non-hydrogen) atoms. The van der Waals surface area contributed by atoms with Crippen molar-refractivity contribution in [1.82, 2.24) is 19.6 Å². The van der Waals surface area contributed by atoms with Crippen molar-refractivity contribution in [2.75, 3.05) is 78.2 Å². The van der Waals surface area contributed by atoms with Crippen molar-refractivity contribution in [2.24, 2.45) is 0 Å². The summed E-state index contributed by atoms with van der Waals surface area (Å²) in [6, 6.07) is -0.419. The highest BCUT2D eigenvalue weighted by Gasteiger charge is 2.35. The van der Waals surface area contributed by atoms with Crippen LogP contribution < -0.4 is 0 Å². The van der Waals surface area contributed by atoms with Gasteiger partial charge in [0.15, 0.2) is 5.78 Å². The first-order valence-corrected chi connectivity index (χ1v) is 9.14. The molecule has 0 aliphatic carbocycles. The van der Waals surface area contributed by atoms with E-state index in [2.05, 4.69) is 33.7 Å². The molecule has 0 aromatic carbocycles. The Kier molecular flexibility index (Phi) is 7.38. The fourth-order valence-corrected chi connectivity index (χ4v) is 3.89. The van der Waals surface area contributed by atoms with Gasteiger partial charge in [-0.3, -0.25) is 14.6 Å². The lowest BCUT2D eigenvalue weighted by Gasteiger charge is -2.41. The van der Waals surface area contributed by atoms with Gasteiger partial charge >= 0.3 is 0 Å². The highest BCUT2D eigenvalue weighted by Crippen LogP contribution is 2.15. The van der Waals surface area contributed by atoms with E-state index < -0.39 is 0 Å². The molecule has 0 saturated carbocycles. The van der Waals surface area contributed by atoms with E-state index in [9.17, 15) is 4.79 Å². The van der Waals surface area contributed by atoms with Gasteiger partial charge in [-0.1, -0.05) is 0 Å². The highest BCUT2D eigenvalue weighted by molar-refractivity contribution is 6.22. The van der Waals surface area contributed by atoms with Crippen molar-refractivity contribution in [3.63, 3.8) is 0 Å². The minimum atomic E-state index is -0.209. The van der Waals surface area contributed by atoms with E-state index in [0.717, 1.165) is 52.4 Å². The second-order valence-corrected chi connectivity index (χ2v) is 7.04. The predicted octanol–water partition coefficient (Wildman–Crippen LogP) is 0.265. The van der Waals surface area contributed by atoms with E-state index in [1.807, 2.05) is 0 Å². The maximum Gasteiger partial charge on any atom is 0.169 e. The van der Waals surface area contributed by atoms with Crippen molar-refractivity contribution in [3.05, 3.63) is 0 Å². The summed E-state index contributed by atoms with van der Waals surface area (Å²) in [4.78, 5) is 22.0. The van der Waals surface area contributed by atoms with Crippen LogP contribution in [0.5, 0.6) is 0 Å². The summed E-state index contributed by atoms with van der Waals surface area (Å²) < 4.78 is 0. The normalized spacial score (nSPS) is 26.0. The lowest BCUT2D eigenvalue weighted by molar-refractivity contribution is -0.129. The number of piperazine rings is 2. The maximum atomic E-state index is 13.0. The fourth-order valence-electron chi connectivity index (χ4n) is 3.20. The van der Waals surface area contributed by atoms with Crippen LogP contribution >= 0.6 is 23.2 Å². The zero-order chi connectivity index (χ0) is 16.1. The molecule has 7 heteroatoms. The Morgan fingerprint density at radius 3 is 1.36 bits per heavy atom. The largest absolute Gasteiger partial charge is 0.304 e. The molecule has 0 aromatic rings. The van der Waals surface area contributed by atoms with Crippen LogP contribution in [0.3, 0.4) is 0 Å². The summed E-state index contributed by atoms with van der Waals surface area (Å²) in [5, 5.41) is 0. The van der Waals surface area contributed by atoms with Crippen molar-refractivity contribution >= 4 is 29.0 Å². The number of carbonyl (C=O) groups is 1. The van der Waals surface area contributed by atoms with Crippen molar-refractivity contribution < 1.29 is 4.79 Å². The third-order valence-electron chi connectivity index (χ3n) is 4.91. The van der Waals surface area contributed by atoms with Crippen molar-refractivity contribution in [1.29, 1.82) is 0 Å². The Bertz CT molecular complexity index is 323. The van der Waals surface area contributed by atoms with Crippen LogP contribution in [0.1, 0.15) is 0 Å². The van der Waals surface area contributed by atoms with Crippen LogP contribution in [0.15, 0.2) is 0 Å². The quantitative estimate of drug-likeness (QED) is 0.641. The molecule has 0 radical (unpaired) electrons. The van der Waals surface area contributed by atoms with E-state index in [4.69, 9.17) is 23.2 Å². The van der Waals surface area contributed by atoms with Gasteiger partial charge in [0.1, 0.15) is 0 Å². The van der Waals surface area contributed by atoms with Crippen LogP contribution in [0.25, 0.3) is 0 Å². The molecule has 2 aliphatic heterocycles. The number of carbonyl (C=O) groups excluding carboxylic acids is 1. The molecule has 0 amide bonds. The lowest BCUT2D eigenvalue weighted by atomic mass is 10.0. The summed E-state index contributed by atoms with van der Waals surface area (Å²) >= 11 is 12.3. The minimum absolute atomic E-state index is 0.194. The first-order chi connectivity index (χ1) is 10.6. The molecule has 5 nitrogen and oxygen atoms in total. The van der Waals surface area contributed by atoms with E-state index in [1.54, 1.807) is 0 Å². The van der Waals surface area contributed by atoms with E-state index in [0.29, 0.717) is 11.8 Å². The SMILES string of the molecule is CN1CCN(C(CCl)C(=O)C(CCl)N2CCN(C)CC2)CC1. The molecule has 2 aliphatic rings. The summed E-state index contributed by atoms with van der Waals surface area (Å²) in [7, 11) is 4.22. The molecule has 0 bridgehead atoms. The first-order valence-electron chi connectivity index (χ1n) is 8.07. The van der Waals surface area contributed by atoms with Gasteiger partial charge in [-0.15, -0.1) is 23.2 Å². The number of halogens is 2. The monoisotopic (exact) mass is 350 g/mol. The highest BCUT2D eigenvalue weighted by atomic mass is 35.5. The summed E-state index contributed by atoms with van der Waals surface area (Å²) in [6.07, 6.45) is 0. The third-order valence-corrected chi connectivity index (χ3v) is 5.49. The smallest absolute Gasteiger partial charge is 0.169 e. The van der Waals surface area contributed by atoms with E-state index in [-0.39, 0.29) is 17.9 Å². The number of ketones is 1.